The van der Waals surface area contributed by atoms with Crippen LogP contribution in [0.3, 0.4) is 0 Å². The summed E-state index contributed by atoms with van der Waals surface area (Å²) >= 11 is 1.63. The standard InChI is InChI=1S/C18H20O3S/c1-4-20-14-5-6-15-16(14)13(7-9-18(2,3)19)17(21-15)12-8-10-22-11-12/h8,10-11,14,19H,4-6H2,1-3H3. The van der Waals surface area contributed by atoms with Crippen LogP contribution < -0.4 is 0 Å². The topological polar surface area (TPSA) is 42.6 Å². The van der Waals surface area contributed by atoms with Gasteiger partial charge in [0.1, 0.15) is 11.4 Å². The maximum atomic E-state index is 9.92. The molecule has 22 heavy (non-hydrogen) atoms. The lowest BCUT2D eigenvalue weighted by molar-refractivity contribution is 0.0639. The van der Waals surface area contributed by atoms with E-state index >= 15 is 0 Å². The summed E-state index contributed by atoms with van der Waals surface area (Å²) in [4.78, 5) is 0. The van der Waals surface area contributed by atoms with Crippen LogP contribution in [-0.4, -0.2) is 17.3 Å². The van der Waals surface area contributed by atoms with E-state index in [4.69, 9.17) is 9.15 Å². The Balaban J connectivity index is 2.12. The van der Waals surface area contributed by atoms with Crippen LogP contribution in [0.4, 0.5) is 0 Å². The van der Waals surface area contributed by atoms with Gasteiger partial charge in [-0.3, -0.25) is 0 Å². The number of thiophene rings is 1. The Kier molecular flexibility index (Phi) is 4.14. The van der Waals surface area contributed by atoms with Gasteiger partial charge in [0, 0.05) is 29.5 Å². The van der Waals surface area contributed by atoms with Crippen molar-refractivity contribution in [3.8, 4) is 23.2 Å². The zero-order valence-corrected chi connectivity index (χ0v) is 13.9. The number of hydrogen-bond donors (Lipinski definition) is 1. The minimum Gasteiger partial charge on any atom is -0.459 e. The van der Waals surface area contributed by atoms with Crippen LogP contribution >= 0.6 is 11.3 Å². The molecule has 0 amide bonds. The molecule has 1 atom stereocenters. The second-order valence-corrected chi connectivity index (χ2v) is 6.73. The molecule has 1 unspecified atom stereocenters. The van der Waals surface area contributed by atoms with E-state index < -0.39 is 5.60 Å². The molecule has 1 aliphatic carbocycles. The third-order valence-corrected chi connectivity index (χ3v) is 4.31. The van der Waals surface area contributed by atoms with Crippen LogP contribution in [0.1, 0.15) is 50.2 Å². The Hall–Kier alpha value is -1.54. The third kappa shape index (κ3) is 2.98. The fourth-order valence-corrected chi connectivity index (χ4v) is 3.36. The average Bonchev–Trinajstić information content (AvgIpc) is 3.12. The van der Waals surface area contributed by atoms with Gasteiger partial charge in [0.05, 0.1) is 11.7 Å². The molecule has 3 rings (SSSR count). The van der Waals surface area contributed by atoms with E-state index in [1.54, 1.807) is 25.2 Å². The molecular weight excluding hydrogens is 296 g/mol. The summed E-state index contributed by atoms with van der Waals surface area (Å²) in [5.74, 6) is 7.82. The quantitative estimate of drug-likeness (QED) is 0.865. The minimum atomic E-state index is -1.03. The Morgan fingerprint density at radius 2 is 2.32 bits per heavy atom. The molecule has 0 aliphatic heterocycles. The van der Waals surface area contributed by atoms with E-state index in [0.717, 1.165) is 41.1 Å². The van der Waals surface area contributed by atoms with Gasteiger partial charge >= 0.3 is 0 Å². The normalized spacial score (nSPS) is 17.2. The van der Waals surface area contributed by atoms with Crippen LogP contribution in [0.2, 0.25) is 0 Å². The molecule has 1 aliphatic rings. The molecule has 3 nitrogen and oxygen atoms in total. The van der Waals surface area contributed by atoms with Gasteiger partial charge in [0.25, 0.3) is 0 Å². The lowest BCUT2D eigenvalue weighted by Crippen LogP contribution is -2.14. The van der Waals surface area contributed by atoms with E-state index in [9.17, 15) is 5.11 Å². The Bertz CT molecular complexity index is 708. The molecule has 0 bridgehead atoms. The van der Waals surface area contributed by atoms with Crippen molar-refractivity contribution in [3.63, 3.8) is 0 Å². The second-order valence-electron chi connectivity index (χ2n) is 5.95. The highest BCUT2D eigenvalue weighted by atomic mass is 32.1. The predicted molar refractivity (Wildman–Crippen MR) is 87.9 cm³/mol. The molecule has 0 spiro atoms. The van der Waals surface area contributed by atoms with Crippen LogP contribution in [0.5, 0.6) is 0 Å². The van der Waals surface area contributed by atoms with Crippen molar-refractivity contribution in [2.45, 2.75) is 45.3 Å². The van der Waals surface area contributed by atoms with Crippen molar-refractivity contribution in [2.75, 3.05) is 6.61 Å². The molecule has 0 saturated heterocycles. The van der Waals surface area contributed by atoms with Gasteiger partial charge in [-0.1, -0.05) is 11.8 Å². The van der Waals surface area contributed by atoms with E-state index in [1.165, 1.54) is 0 Å². The molecule has 116 valence electrons. The first kappa shape index (κ1) is 15.4. The van der Waals surface area contributed by atoms with Crippen molar-refractivity contribution >= 4 is 11.3 Å². The lowest BCUT2D eigenvalue weighted by Gasteiger charge is -2.11. The number of hydrogen-bond acceptors (Lipinski definition) is 4. The Morgan fingerprint density at radius 3 is 2.95 bits per heavy atom. The van der Waals surface area contributed by atoms with Crippen LogP contribution in [0.15, 0.2) is 21.2 Å². The lowest BCUT2D eigenvalue weighted by atomic mass is 10.0. The first-order valence-corrected chi connectivity index (χ1v) is 8.49. The zero-order chi connectivity index (χ0) is 15.7. The van der Waals surface area contributed by atoms with Gasteiger partial charge in [0.2, 0.25) is 0 Å². The summed E-state index contributed by atoms with van der Waals surface area (Å²) in [7, 11) is 0. The average molecular weight is 316 g/mol. The van der Waals surface area contributed by atoms with Gasteiger partial charge < -0.3 is 14.3 Å². The van der Waals surface area contributed by atoms with Crippen molar-refractivity contribution in [1.29, 1.82) is 0 Å². The molecule has 0 fully saturated rings. The molecule has 2 aromatic heterocycles. The first-order valence-electron chi connectivity index (χ1n) is 7.55. The van der Waals surface area contributed by atoms with Gasteiger partial charge in [-0.15, -0.1) is 0 Å². The van der Waals surface area contributed by atoms with Crippen LogP contribution in [0.25, 0.3) is 11.3 Å². The molecule has 0 aromatic carbocycles. The molecule has 4 heteroatoms. The largest absolute Gasteiger partial charge is 0.459 e. The fourth-order valence-electron chi connectivity index (χ4n) is 2.73. The van der Waals surface area contributed by atoms with Crippen molar-refractivity contribution in [3.05, 3.63) is 33.7 Å². The molecule has 1 N–H and O–H groups in total. The Morgan fingerprint density at radius 1 is 1.50 bits per heavy atom. The minimum absolute atomic E-state index is 0.0437. The summed E-state index contributed by atoms with van der Waals surface area (Å²) in [6.07, 6.45) is 1.85. The fraction of sp³-hybridized carbons (Fsp3) is 0.444. The van der Waals surface area contributed by atoms with Crippen molar-refractivity contribution in [2.24, 2.45) is 0 Å². The monoisotopic (exact) mass is 316 g/mol. The van der Waals surface area contributed by atoms with Crippen molar-refractivity contribution in [1.82, 2.24) is 0 Å². The summed E-state index contributed by atoms with van der Waals surface area (Å²) in [5, 5.41) is 14.0. The molecule has 0 saturated carbocycles. The van der Waals surface area contributed by atoms with E-state index in [1.807, 2.05) is 18.4 Å². The number of ether oxygens (including phenoxy) is 1. The van der Waals surface area contributed by atoms with Gasteiger partial charge in [0.15, 0.2) is 5.76 Å². The number of aryl methyl sites for hydroxylation is 1. The second kappa shape index (κ2) is 5.92. The number of furan rings is 1. The summed E-state index contributed by atoms with van der Waals surface area (Å²) in [6.45, 7) is 6.04. The van der Waals surface area contributed by atoms with Crippen molar-refractivity contribution < 1.29 is 14.3 Å². The number of rotatable bonds is 3. The van der Waals surface area contributed by atoms with Crippen LogP contribution in [0, 0.1) is 11.8 Å². The van der Waals surface area contributed by atoms with Gasteiger partial charge in [-0.2, -0.15) is 11.3 Å². The first-order chi connectivity index (χ1) is 10.5. The third-order valence-electron chi connectivity index (χ3n) is 3.62. The highest BCUT2D eigenvalue weighted by Crippen LogP contribution is 2.43. The maximum absolute atomic E-state index is 9.92. The predicted octanol–water partition coefficient (Wildman–Crippen LogP) is 4.15. The smallest absolute Gasteiger partial charge is 0.151 e. The van der Waals surface area contributed by atoms with Gasteiger partial charge in [-0.05, 0) is 38.6 Å². The Labute approximate surface area is 134 Å². The molecule has 2 heterocycles. The summed E-state index contributed by atoms with van der Waals surface area (Å²) in [6, 6.07) is 2.03. The highest BCUT2D eigenvalue weighted by molar-refractivity contribution is 7.08. The zero-order valence-electron chi connectivity index (χ0n) is 13.1. The van der Waals surface area contributed by atoms with E-state index in [0.29, 0.717) is 6.61 Å². The number of fused-ring (bicyclic) bond motifs is 1. The van der Waals surface area contributed by atoms with Gasteiger partial charge in [-0.25, -0.2) is 0 Å². The highest BCUT2D eigenvalue weighted by Gasteiger charge is 2.32. The molecular formula is C18H20O3S. The SMILES string of the molecule is CCOC1CCc2oc(-c3ccsc3)c(C#CC(C)(C)O)c21. The number of aliphatic hydroxyl groups is 1. The summed E-state index contributed by atoms with van der Waals surface area (Å²) in [5.41, 5.74) is 1.94. The molecule has 0 radical (unpaired) electrons. The molecule has 2 aromatic rings. The summed E-state index contributed by atoms with van der Waals surface area (Å²) < 4.78 is 11.9. The van der Waals surface area contributed by atoms with E-state index in [2.05, 4.69) is 17.2 Å². The van der Waals surface area contributed by atoms with E-state index in [-0.39, 0.29) is 6.10 Å². The maximum Gasteiger partial charge on any atom is 0.151 e. The van der Waals surface area contributed by atoms with Crippen LogP contribution in [-0.2, 0) is 11.2 Å².